The van der Waals surface area contributed by atoms with Crippen LogP contribution in [0, 0.1) is 0 Å². The minimum atomic E-state index is 0.795. The van der Waals surface area contributed by atoms with Gasteiger partial charge < -0.3 is 14.0 Å². The van der Waals surface area contributed by atoms with Crippen molar-refractivity contribution in [3.63, 3.8) is 0 Å². The predicted octanol–water partition coefficient (Wildman–Crippen LogP) is 3.47. The first-order chi connectivity index (χ1) is 11.3. The van der Waals surface area contributed by atoms with Crippen LogP contribution in [0.25, 0.3) is 16.9 Å². The van der Waals surface area contributed by atoms with Crippen LogP contribution < -0.4 is 0 Å². The van der Waals surface area contributed by atoms with Gasteiger partial charge in [-0.25, -0.2) is 4.98 Å². The molecule has 0 aliphatic carbocycles. The van der Waals surface area contributed by atoms with Gasteiger partial charge in [0.2, 0.25) is 0 Å². The first-order valence-electron chi connectivity index (χ1n) is 7.98. The van der Waals surface area contributed by atoms with Crippen molar-refractivity contribution in [3.05, 3.63) is 60.4 Å². The normalized spacial score (nSPS) is 11.4. The van der Waals surface area contributed by atoms with Gasteiger partial charge in [-0.1, -0.05) is 36.4 Å². The minimum absolute atomic E-state index is 0.795. The number of methoxy groups -OCH3 is 1. The number of hydrogen-bond donors (Lipinski definition) is 0. The number of benzene rings is 1. The summed E-state index contributed by atoms with van der Waals surface area (Å²) < 4.78 is 7.34. The number of ether oxygens (including phenoxy) is 1. The van der Waals surface area contributed by atoms with Crippen molar-refractivity contribution in [2.45, 2.75) is 13.0 Å². The van der Waals surface area contributed by atoms with Gasteiger partial charge in [0.1, 0.15) is 5.65 Å². The fourth-order valence-electron chi connectivity index (χ4n) is 2.84. The maximum atomic E-state index is 5.15. The van der Waals surface area contributed by atoms with Crippen LogP contribution in [0.1, 0.15) is 12.1 Å². The number of pyridine rings is 1. The van der Waals surface area contributed by atoms with Crippen LogP contribution in [0.2, 0.25) is 0 Å². The summed E-state index contributed by atoms with van der Waals surface area (Å²) in [6.45, 7) is 2.66. The average Bonchev–Trinajstić information content (AvgIpc) is 2.95. The summed E-state index contributed by atoms with van der Waals surface area (Å²) in [5.41, 5.74) is 4.45. The summed E-state index contributed by atoms with van der Waals surface area (Å²) in [7, 11) is 3.89. The van der Waals surface area contributed by atoms with Gasteiger partial charge in [0.05, 0.1) is 11.4 Å². The summed E-state index contributed by atoms with van der Waals surface area (Å²) in [6.07, 6.45) is 3.12. The molecule has 0 saturated carbocycles. The van der Waals surface area contributed by atoms with E-state index in [4.69, 9.17) is 9.72 Å². The molecule has 23 heavy (non-hydrogen) atoms. The molecule has 0 aliphatic heterocycles. The molecule has 0 radical (unpaired) electrons. The zero-order valence-corrected chi connectivity index (χ0v) is 13.8. The van der Waals surface area contributed by atoms with E-state index in [-0.39, 0.29) is 0 Å². The molecule has 0 unspecified atom stereocenters. The smallest absolute Gasteiger partial charge is 0.137 e. The quantitative estimate of drug-likeness (QED) is 0.626. The Morgan fingerprint density at radius 2 is 1.87 bits per heavy atom. The third-order valence-corrected chi connectivity index (χ3v) is 3.98. The zero-order chi connectivity index (χ0) is 16.1. The Morgan fingerprint density at radius 3 is 2.65 bits per heavy atom. The third kappa shape index (κ3) is 3.60. The van der Waals surface area contributed by atoms with Gasteiger partial charge in [0, 0.05) is 38.6 Å². The van der Waals surface area contributed by atoms with Crippen LogP contribution in [-0.4, -0.2) is 41.6 Å². The lowest BCUT2D eigenvalue weighted by molar-refractivity contribution is 0.177. The largest absolute Gasteiger partial charge is 0.385 e. The molecular formula is C19H23N3O. The van der Waals surface area contributed by atoms with E-state index in [9.17, 15) is 0 Å². The SMILES string of the molecule is COCCCN(C)Cc1c(-c2ccccc2)nc2ccccn12. The second-order valence-corrected chi connectivity index (χ2v) is 5.79. The summed E-state index contributed by atoms with van der Waals surface area (Å²) in [5, 5.41) is 0. The number of fused-ring (bicyclic) bond motifs is 1. The average molecular weight is 309 g/mol. The van der Waals surface area contributed by atoms with E-state index in [0.717, 1.165) is 43.0 Å². The first kappa shape index (κ1) is 15.7. The first-order valence-corrected chi connectivity index (χ1v) is 7.98. The molecule has 0 amide bonds. The van der Waals surface area contributed by atoms with Crippen LogP contribution in [0.5, 0.6) is 0 Å². The van der Waals surface area contributed by atoms with Crippen molar-refractivity contribution < 1.29 is 4.74 Å². The Balaban J connectivity index is 1.93. The second kappa shape index (κ2) is 7.40. The lowest BCUT2D eigenvalue weighted by Gasteiger charge is -2.17. The number of nitrogens with zero attached hydrogens (tertiary/aromatic N) is 3. The van der Waals surface area contributed by atoms with Crippen LogP contribution in [0.3, 0.4) is 0 Å². The molecule has 2 heterocycles. The van der Waals surface area contributed by atoms with Crippen LogP contribution in [0.15, 0.2) is 54.7 Å². The maximum absolute atomic E-state index is 5.15. The summed E-state index contributed by atoms with van der Waals surface area (Å²) in [6, 6.07) is 16.5. The predicted molar refractivity (Wildman–Crippen MR) is 93.5 cm³/mol. The molecule has 2 aromatic heterocycles. The van der Waals surface area contributed by atoms with E-state index >= 15 is 0 Å². The second-order valence-electron chi connectivity index (χ2n) is 5.79. The van der Waals surface area contributed by atoms with Gasteiger partial charge in [0.25, 0.3) is 0 Å². The molecule has 0 spiro atoms. The minimum Gasteiger partial charge on any atom is -0.385 e. The Morgan fingerprint density at radius 1 is 1.09 bits per heavy atom. The van der Waals surface area contributed by atoms with Crippen molar-refractivity contribution in [2.24, 2.45) is 0 Å². The Labute approximate surface area is 137 Å². The Hall–Kier alpha value is -2.17. The molecule has 0 aliphatic rings. The van der Waals surface area contributed by atoms with Gasteiger partial charge in [-0.2, -0.15) is 0 Å². The number of rotatable bonds is 7. The van der Waals surface area contributed by atoms with Gasteiger partial charge in [-0.3, -0.25) is 0 Å². The molecule has 0 fully saturated rings. The van der Waals surface area contributed by atoms with E-state index in [2.05, 4.69) is 58.9 Å². The van der Waals surface area contributed by atoms with Crippen molar-refractivity contribution in [1.29, 1.82) is 0 Å². The molecule has 3 rings (SSSR count). The van der Waals surface area contributed by atoms with Crippen molar-refractivity contribution in [2.75, 3.05) is 27.3 Å². The van der Waals surface area contributed by atoms with E-state index in [1.54, 1.807) is 7.11 Å². The highest BCUT2D eigenvalue weighted by Gasteiger charge is 2.15. The molecule has 1 aromatic carbocycles. The maximum Gasteiger partial charge on any atom is 0.137 e. The van der Waals surface area contributed by atoms with Crippen LogP contribution in [0.4, 0.5) is 0 Å². The molecule has 3 aromatic rings. The highest BCUT2D eigenvalue weighted by Crippen LogP contribution is 2.25. The summed E-state index contributed by atoms with van der Waals surface area (Å²) in [5.74, 6) is 0. The molecule has 4 nitrogen and oxygen atoms in total. The molecule has 4 heteroatoms. The Kier molecular flexibility index (Phi) is 5.05. The van der Waals surface area contributed by atoms with Gasteiger partial charge in [-0.05, 0) is 25.6 Å². The number of hydrogen-bond acceptors (Lipinski definition) is 3. The fourth-order valence-corrected chi connectivity index (χ4v) is 2.84. The third-order valence-electron chi connectivity index (χ3n) is 3.98. The van der Waals surface area contributed by atoms with Gasteiger partial charge >= 0.3 is 0 Å². The zero-order valence-electron chi connectivity index (χ0n) is 13.8. The van der Waals surface area contributed by atoms with Crippen molar-refractivity contribution >= 4 is 5.65 Å². The molecule has 0 atom stereocenters. The highest BCUT2D eigenvalue weighted by atomic mass is 16.5. The van der Waals surface area contributed by atoms with E-state index in [1.165, 1.54) is 5.69 Å². The fraction of sp³-hybridized carbons (Fsp3) is 0.316. The lowest BCUT2D eigenvalue weighted by Crippen LogP contribution is -2.21. The standard InChI is InChI=1S/C19H23N3O/c1-21(12-8-14-23-2)15-17-19(16-9-4-3-5-10-16)20-18-11-6-7-13-22(17)18/h3-7,9-11,13H,8,12,14-15H2,1-2H3. The monoisotopic (exact) mass is 309 g/mol. The Bertz CT molecular complexity index is 752. The highest BCUT2D eigenvalue weighted by molar-refractivity contribution is 5.66. The number of aromatic nitrogens is 2. The van der Waals surface area contributed by atoms with Gasteiger partial charge in [0.15, 0.2) is 0 Å². The van der Waals surface area contributed by atoms with Crippen LogP contribution >= 0.6 is 0 Å². The van der Waals surface area contributed by atoms with Gasteiger partial charge in [-0.15, -0.1) is 0 Å². The van der Waals surface area contributed by atoms with E-state index in [0.29, 0.717) is 0 Å². The summed E-state index contributed by atoms with van der Waals surface area (Å²) >= 11 is 0. The lowest BCUT2D eigenvalue weighted by atomic mass is 10.1. The molecule has 120 valence electrons. The van der Waals surface area contributed by atoms with Crippen molar-refractivity contribution in [3.8, 4) is 11.3 Å². The molecular weight excluding hydrogens is 286 g/mol. The molecule has 0 N–H and O–H groups in total. The number of imidazole rings is 1. The molecule has 0 saturated heterocycles. The topological polar surface area (TPSA) is 29.8 Å². The van der Waals surface area contributed by atoms with Crippen molar-refractivity contribution in [1.82, 2.24) is 14.3 Å². The van der Waals surface area contributed by atoms with Crippen LogP contribution in [-0.2, 0) is 11.3 Å². The van der Waals surface area contributed by atoms with E-state index < -0.39 is 0 Å². The molecule has 0 bridgehead atoms. The summed E-state index contributed by atoms with van der Waals surface area (Å²) in [4.78, 5) is 7.17. The van der Waals surface area contributed by atoms with E-state index in [1.807, 2.05) is 12.1 Å².